The van der Waals surface area contributed by atoms with Crippen molar-refractivity contribution in [3.63, 3.8) is 0 Å². The van der Waals surface area contributed by atoms with Gasteiger partial charge in [-0.05, 0) is 42.8 Å². The lowest BCUT2D eigenvalue weighted by atomic mass is 10.1. The van der Waals surface area contributed by atoms with Crippen molar-refractivity contribution in [3.05, 3.63) is 64.8 Å². The molecule has 7 heteroatoms. The molecule has 0 saturated carbocycles. The van der Waals surface area contributed by atoms with Crippen molar-refractivity contribution in [2.75, 3.05) is 7.11 Å². The number of ether oxygens (including phenoxy) is 1. The number of amides is 1. The summed E-state index contributed by atoms with van der Waals surface area (Å²) in [5.74, 6) is 0.832. The number of aromatic nitrogens is 1. The molecule has 0 radical (unpaired) electrons. The third-order valence-electron chi connectivity index (χ3n) is 5.32. The van der Waals surface area contributed by atoms with Crippen LogP contribution in [0.3, 0.4) is 0 Å². The molecule has 1 fully saturated rings. The fraction of sp³-hybridized carbons (Fsp3) is 0.318. The monoisotopic (exact) mass is 412 g/mol. The van der Waals surface area contributed by atoms with Crippen LogP contribution in [0.15, 0.2) is 48.5 Å². The molecule has 2 aromatic carbocycles. The van der Waals surface area contributed by atoms with Crippen molar-refractivity contribution in [1.29, 1.82) is 0 Å². The predicted octanol–water partition coefficient (Wildman–Crippen LogP) is 3.55. The van der Waals surface area contributed by atoms with Gasteiger partial charge in [-0.2, -0.15) is 0 Å². The van der Waals surface area contributed by atoms with Crippen LogP contribution in [0.1, 0.15) is 30.6 Å². The molecule has 3 aromatic rings. The van der Waals surface area contributed by atoms with Crippen LogP contribution in [0.2, 0.25) is 5.02 Å². The van der Waals surface area contributed by atoms with E-state index in [2.05, 4.69) is 39.8 Å². The van der Waals surface area contributed by atoms with E-state index < -0.39 is 0 Å². The number of methoxy groups -OCH3 is 1. The highest BCUT2D eigenvalue weighted by atomic mass is 35.5. The van der Waals surface area contributed by atoms with Gasteiger partial charge in [0.05, 0.1) is 31.3 Å². The zero-order valence-electron chi connectivity index (χ0n) is 16.5. The van der Waals surface area contributed by atoms with Gasteiger partial charge in [0.1, 0.15) is 5.75 Å². The predicted molar refractivity (Wildman–Crippen MR) is 115 cm³/mol. The average molecular weight is 413 g/mol. The van der Waals surface area contributed by atoms with Crippen LogP contribution in [0.5, 0.6) is 5.75 Å². The van der Waals surface area contributed by atoms with Crippen LogP contribution in [-0.2, 0) is 17.8 Å². The minimum Gasteiger partial charge on any atom is -0.496 e. The highest BCUT2D eigenvalue weighted by Crippen LogP contribution is 2.33. The standard InChI is InChI=1S/C22H25ClN4O2/c1-3-27-18-8-5-9-20(29-2)16(18)12-19(27)17-13-21(26-25-17)24-22(28)11-14-6-4-7-15(23)10-14/h4-10,12,17,21,25-26H,3,11,13H2,1-2H3,(H,24,28). The summed E-state index contributed by atoms with van der Waals surface area (Å²) in [6, 6.07) is 15.7. The minimum atomic E-state index is -0.142. The highest BCUT2D eigenvalue weighted by Gasteiger charge is 2.29. The maximum absolute atomic E-state index is 12.4. The molecule has 6 nitrogen and oxygen atoms in total. The summed E-state index contributed by atoms with van der Waals surface area (Å²) in [6.07, 6.45) is 0.910. The number of carbonyl (C=O) groups is 1. The molecule has 29 heavy (non-hydrogen) atoms. The topological polar surface area (TPSA) is 67.3 Å². The highest BCUT2D eigenvalue weighted by molar-refractivity contribution is 6.30. The fourth-order valence-electron chi connectivity index (χ4n) is 4.02. The Balaban J connectivity index is 1.46. The summed E-state index contributed by atoms with van der Waals surface area (Å²) in [4.78, 5) is 12.4. The maximum Gasteiger partial charge on any atom is 0.225 e. The molecule has 0 spiro atoms. The molecule has 0 aliphatic carbocycles. The molecule has 2 heterocycles. The van der Waals surface area contributed by atoms with Gasteiger partial charge in [0.25, 0.3) is 0 Å². The van der Waals surface area contributed by atoms with Crippen LogP contribution < -0.4 is 20.9 Å². The van der Waals surface area contributed by atoms with E-state index in [1.165, 1.54) is 5.69 Å². The molecule has 2 unspecified atom stereocenters. The van der Waals surface area contributed by atoms with E-state index in [0.29, 0.717) is 11.4 Å². The van der Waals surface area contributed by atoms with Crippen molar-refractivity contribution >= 4 is 28.4 Å². The first kappa shape index (κ1) is 19.8. The van der Waals surface area contributed by atoms with Crippen LogP contribution in [0.4, 0.5) is 0 Å². The van der Waals surface area contributed by atoms with Gasteiger partial charge in [0, 0.05) is 29.1 Å². The van der Waals surface area contributed by atoms with Crippen molar-refractivity contribution in [2.24, 2.45) is 0 Å². The molecule has 0 bridgehead atoms. The zero-order valence-corrected chi connectivity index (χ0v) is 17.3. The van der Waals surface area contributed by atoms with E-state index in [1.54, 1.807) is 13.2 Å². The minimum absolute atomic E-state index is 0.0371. The number of aryl methyl sites for hydroxylation is 1. The largest absolute Gasteiger partial charge is 0.496 e. The van der Waals surface area contributed by atoms with Crippen LogP contribution in [0.25, 0.3) is 10.9 Å². The lowest BCUT2D eigenvalue weighted by molar-refractivity contribution is -0.121. The summed E-state index contributed by atoms with van der Waals surface area (Å²) in [5, 5.41) is 4.79. The Labute approximate surface area is 175 Å². The number of rotatable bonds is 6. The zero-order chi connectivity index (χ0) is 20.4. The van der Waals surface area contributed by atoms with E-state index in [1.807, 2.05) is 30.3 Å². The lowest BCUT2D eigenvalue weighted by Gasteiger charge is -2.14. The fourth-order valence-corrected chi connectivity index (χ4v) is 4.23. The first-order valence-electron chi connectivity index (χ1n) is 9.80. The smallest absolute Gasteiger partial charge is 0.225 e. The number of hydrogen-bond acceptors (Lipinski definition) is 4. The molecule has 2 atom stereocenters. The first-order valence-corrected chi connectivity index (χ1v) is 10.2. The summed E-state index contributed by atoms with van der Waals surface area (Å²) in [5.41, 5.74) is 9.75. The summed E-state index contributed by atoms with van der Waals surface area (Å²) in [6.45, 7) is 2.99. The van der Waals surface area contributed by atoms with Gasteiger partial charge < -0.3 is 14.6 Å². The number of hydrazine groups is 1. The summed E-state index contributed by atoms with van der Waals surface area (Å²) in [7, 11) is 1.69. The second-order valence-electron chi connectivity index (χ2n) is 7.21. The summed E-state index contributed by atoms with van der Waals surface area (Å²) < 4.78 is 7.81. The van der Waals surface area contributed by atoms with Gasteiger partial charge in [0.15, 0.2) is 0 Å². The molecule has 4 rings (SSSR count). The van der Waals surface area contributed by atoms with Crippen LogP contribution in [0, 0.1) is 0 Å². The molecule has 152 valence electrons. The Morgan fingerprint density at radius 1 is 1.24 bits per heavy atom. The van der Waals surface area contributed by atoms with E-state index in [-0.39, 0.29) is 18.1 Å². The maximum atomic E-state index is 12.4. The Hall–Kier alpha value is -2.54. The number of fused-ring (bicyclic) bond motifs is 1. The van der Waals surface area contributed by atoms with E-state index in [0.717, 1.165) is 35.2 Å². The average Bonchev–Trinajstić information content (AvgIpc) is 3.31. The normalized spacial score (nSPS) is 18.9. The molecule has 1 amide bonds. The Morgan fingerprint density at radius 2 is 2.07 bits per heavy atom. The number of benzene rings is 2. The Bertz CT molecular complexity index is 1030. The van der Waals surface area contributed by atoms with Crippen LogP contribution in [-0.4, -0.2) is 23.7 Å². The van der Waals surface area contributed by atoms with Gasteiger partial charge in [-0.25, -0.2) is 10.9 Å². The molecule has 1 aliphatic rings. The number of halogens is 1. The van der Waals surface area contributed by atoms with Crippen molar-refractivity contribution in [3.8, 4) is 5.75 Å². The SMILES string of the molecule is CCn1c(C2CC(NC(=O)Cc3cccc(Cl)c3)NN2)cc2c(OC)cccc21. The second-order valence-corrected chi connectivity index (χ2v) is 7.65. The van der Waals surface area contributed by atoms with Gasteiger partial charge in [-0.3, -0.25) is 4.79 Å². The Kier molecular flexibility index (Phi) is 5.76. The molecular formula is C22H25ClN4O2. The third kappa shape index (κ3) is 4.10. The van der Waals surface area contributed by atoms with Gasteiger partial charge in [-0.1, -0.05) is 29.8 Å². The molecule has 1 aromatic heterocycles. The van der Waals surface area contributed by atoms with Crippen molar-refractivity contribution in [2.45, 2.75) is 38.5 Å². The molecule has 3 N–H and O–H groups in total. The molecular weight excluding hydrogens is 388 g/mol. The number of hydrogen-bond donors (Lipinski definition) is 3. The van der Waals surface area contributed by atoms with Gasteiger partial charge in [0.2, 0.25) is 5.91 Å². The van der Waals surface area contributed by atoms with E-state index >= 15 is 0 Å². The van der Waals surface area contributed by atoms with E-state index in [4.69, 9.17) is 16.3 Å². The number of nitrogens with one attached hydrogen (secondary N) is 3. The second kappa shape index (κ2) is 8.45. The summed E-state index contributed by atoms with van der Waals surface area (Å²) >= 11 is 6.00. The first-order chi connectivity index (χ1) is 14.1. The number of nitrogens with zero attached hydrogens (tertiary/aromatic N) is 1. The lowest BCUT2D eigenvalue weighted by Crippen LogP contribution is -2.44. The third-order valence-corrected chi connectivity index (χ3v) is 5.56. The number of carbonyl (C=O) groups excluding carboxylic acids is 1. The van der Waals surface area contributed by atoms with Gasteiger partial charge in [-0.15, -0.1) is 0 Å². The molecule has 1 aliphatic heterocycles. The van der Waals surface area contributed by atoms with Crippen molar-refractivity contribution < 1.29 is 9.53 Å². The van der Waals surface area contributed by atoms with Crippen LogP contribution >= 0.6 is 11.6 Å². The van der Waals surface area contributed by atoms with Gasteiger partial charge >= 0.3 is 0 Å². The van der Waals surface area contributed by atoms with E-state index in [9.17, 15) is 4.79 Å². The van der Waals surface area contributed by atoms with Crippen molar-refractivity contribution in [1.82, 2.24) is 20.7 Å². The Morgan fingerprint density at radius 3 is 2.83 bits per heavy atom. The molecule has 1 saturated heterocycles. The quantitative estimate of drug-likeness (QED) is 0.579.